The molecule has 0 radical (unpaired) electrons. The van der Waals surface area contributed by atoms with Gasteiger partial charge in [0.2, 0.25) is 0 Å². The van der Waals surface area contributed by atoms with Crippen LogP contribution in [0.5, 0.6) is 0 Å². The second-order valence-electron chi connectivity index (χ2n) is 7.89. The fourth-order valence-electron chi connectivity index (χ4n) is 4.25. The number of aromatic nitrogens is 4. The minimum Gasteiger partial charge on any atom is -0.366 e. The average molecular weight is 431 g/mol. The monoisotopic (exact) mass is 430 g/mol. The van der Waals surface area contributed by atoms with Gasteiger partial charge in [0.1, 0.15) is 5.01 Å². The molecule has 0 atom stereocenters. The second-order valence-corrected chi connectivity index (χ2v) is 8.75. The van der Waals surface area contributed by atoms with Gasteiger partial charge in [-0.05, 0) is 26.0 Å². The molecular formula is C24H26N6S. The topological polar surface area (TPSA) is 50.1 Å². The largest absolute Gasteiger partial charge is 0.366 e. The maximum Gasteiger partial charge on any atom is 0.153 e. The number of aryl methyl sites for hydroxylation is 1. The Morgan fingerprint density at radius 3 is 2.45 bits per heavy atom. The Bertz CT molecular complexity index is 1140. The van der Waals surface area contributed by atoms with Gasteiger partial charge in [0.05, 0.1) is 22.8 Å². The van der Waals surface area contributed by atoms with E-state index in [1.54, 1.807) is 11.3 Å². The number of thiazole rings is 1. The van der Waals surface area contributed by atoms with Gasteiger partial charge in [0, 0.05) is 49.9 Å². The minimum absolute atomic E-state index is 0.866. The Morgan fingerprint density at radius 2 is 1.71 bits per heavy atom. The van der Waals surface area contributed by atoms with Gasteiger partial charge in [-0.3, -0.25) is 4.90 Å². The summed E-state index contributed by atoms with van der Waals surface area (Å²) in [6, 6.07) is 16.3. The van der Waals surface area contributed by atoms with Crippen LogP contribution < -0.4 is 4.90 Å². The van der Waals surface area contributed by atoms with Crippen LogP contribution in [0.25, 0.3) is 16.4 Å². The number of anilines is 1. The molecule has 6 nitrogen and oxygen atoms in total. The van der Waals surface area contributed by atoms with Gasteiger partial charge >= 0.3 is 0 Å². The fourth-order valence-corrected chi connectivity index (χ4v) is 5.06. The number of hydrogen-bond acceptors (Lipinski definition) is 6. The lowest BCUT2D eigenvalue weighted by molar-refractivity contribution is 0.247. The van der Waals surface area contributed by atoms with Crippen LogP contribution in [-0.2, 0) is 6.54 Å². The van der Waals surface area contributed by atoms with Crippen LogP contribution in [0.4, 0.5) is 5.69 Å². The Kier molecular flexibility index (Phi) is 5.53. The van der Waals surface area contributed by atoms with E-state index in [4.69, 9.17) is 10.1 Å². The lowest BCUT2D eigenvalue weighted by Gasteiger charge is -2.35. The third kappa shape index (κ3) is 4.11. The zero-order valence-electron chi connectivity index (χ0n) is 17.9. The predicted molar refractivity (Wildman–Crippen MR) is 126 cm³/mol. The Balaban J connectivity index is 1.24. The van der Waals surface area contributed by atoms with Gasteiger partial charge in [-0.25, -0.2) is 14.6 Å². The van der Waals surface area contributed by atoms with Crippen LogP contribution in [-0.4, -0.2) is 50.8 Å². The normalized spacial score (nSPS) is 14.8. The summed E-state index contributed by atoms with van der Waals surface area (Å²) >= 11 is 1.73. The van der Waals surface area contributed by atoms with E-state index in [0.717, 1.165) is 60.6 Å². The number of nitrogens with zero attached hydrogens (tertiary/aromatic N) is 6. The second kappa shape index (κ2) is 8.61. The van der Waals surface area contributed by atoms with Crippen molar-refractivity contribution in [1.82, 2.24) is 24.6 Å². The van der Waals surface area contributed by atoms with Gasteiger partial charge in [-0.15, -0.1) is 11.3 Å². The van der Waals surface area contributed by atoms with E-state index < -0.39 is 0 Å². The number of benzene rings is 1. The number of rotatable bonds is 5. The van der Waals surface area contributed by atoms with E-state index in [0.29, 0.717) is 0 Å². The van der Waals surface area contributed by atoms with E-state index in [1.165, 1.54) is 11.3 Å². The molecule has 1 aliphatic heterocycles. The van der Waals surface area contributed by atoms with E-state index in [9.17, 15) is 0 Å². The molecular weight excluding hydrogens is 404 g/mol. The van der Waals surface area contributed by atoms with Crippen LogP contribution in [0.3, 0.4) is 0 Å². The number of hydrogen-bond donors (Lipinski definition) is 0. The molecule has 4 aromatic rings. The van der Waals surface area contributed by atoms with Crippen molar-refractivity contribution in [3.05, 3.63) is 77.2 Å². The van der Waals surface area contributed by atoms with E-state index in [1.807, 2.05) is 35.1 Å². The zero-order valence-corrected chi connectivity index (χ0v) is 18.7. The molecule has 7 heteroatoms. The molecule has 0 amide bonds. The van der Waals surface area contributed by atoms with Gasteiger partial charge < -0.3 is 4.90 Å². The maximum absolute atomic E-state index is 4.86. The van der Waals surface area contributed by atoms with Crippen molar-refractivity contribution in [1.29, 1.82) is 0 Å². The van der Waals surface area contributed by atoms with Crippen molar-refractivity contribution in [3.63, 3.8) is 0 Å². The summed E-state index contributed by atoms with van der Waals surface area (Å²) in [4.78, 5) is 14.3. The van der Waals surface area contributed by atoms with Crippen LogP contribution in [0, 0.1) is 13.8 Å². The summed E-state index contributed by atoms with van der Waals surface area (Å²) in [5.41, 5.74) is 5.80. The molecule has 1 aromatic carbocycles. The fraction of sp³-hybridized carbons (Fsp3) is 0.292. The highest BCUT2D eigenvalue weighted by molar-refractivity contribution is 7.13. The summed E-state index contributed by atoms with van der Waals surface area (Å²) < 4.78 is 1.96. The molecule has 1 fully saturated rings. The molecule has 158 valence electrons. The van der Waals surface area contributed by atoms with Gasteiger partial charge in [-0.2, -0.15) is 5.10 Å². The molecule has 0 saturated carbocycles. The molecule has 3 aromatic heterocycles. The third-order valence-corrected chi connectivity index (χ3v) is 6.71. The summed E-state index contributed by atoms with van der Waals surface area (Å²) in [5, 5.41) is 8.06. The van der Waals surface area contributed by atoms with E-state index in [2.05, 4.69) is 58.3 Å². The molecule has 1 aliphatic rings. The molecule has 31 heavy (non-hydrogen) atoms. The summed E-state index contributed by atoms with van der Waals surface area (Å²) in [6.07, 6.45) is 1.81. The molecule has 1 saturated heterocycles. The Hall–Kier alpha value is -3.03. The van der Waals surface area contributed by atoms with Crippen LogP contribution in [0.15, 0.2) is 60.1 Å². The van der Waals surface area contributed by atoms with Gasteiger partial charge in [0.25, 0.3) is 0 Å². The zero-order chi connectivity index (χ0) is 21.2. The Morgan fingerprint density at radius 1 is 0.935 bits per heavy atom. The first-order chi connectivity index (χ1) is 15.2. The van der Waals surface area contributed by atoms with E-state index in [-0.39, 0.29) is 0 Å². The molecule has 0 unspecified atom stereocenters. The molecule has 0 spiro atoms. The first-order valence-corrected chi connectivity index (χ1v) is 11.5. The van der Waals surface area contributed by atoms with Crippen molar-refractivity contribution in [3.8, 4) is 16.4 Å². The molecule has 0 aliphatic carbocycles. The highest BCUT2D eigenvalue weighted by Gasteiger charge is 2.24. The standard InChI is InChI=1S/C24H26N6S/c1-18-23(19(2)30(27-18)22-10-6-7-11-25-22)29-14-12-28(13-15-29)16-21-17-31-24(26-21)20-8-4-3-5-9-20/h3-11,17H,12-16H2,1-2H3. The highest BCUT2D eigenvalue weighted by atomic mass is 32.1. The minimum atomic E-state index is 0.866. The van der Waals surface area contributed by atoms with Crippen LogP contribution >= 0.6 is 11.3 Å². The van der Waals surface area contributed by atoms with Crippen LogP contribution in [0.2, 0.25) is 0 Å². The van der Waals surface area contributed by atoms with Crippen molar-refractivity contribution in [2.24, 2.45) is 0 Å². The summed E-state index contributed by atoms with van der Waals surface area (Å²) in [5.74, 6) is 0.866. The Labute approximate surface area is 186 Å². The number of piperazine rings is 1. The smallest absolute Gasteiger partial charge is 0.153 e. The third-order valence-electron chi connectivity index (χ3n) is 5.77. The van der Waals surface area contributed by atoms with E-state index >= 15 is 0 Å². The molecule has 0 bridgehead atoms. The lowest BCUT2D eigenvalue weighted by atomic mass is 10.2. The first kappa shape index (κ1) is 19.9. The number of pyridine rings is 1. The quantitative estimate of drug-likeness (QED) is 0.472. The van der Waals surface area contributed by atoms with Crippen molar-refractivity contribution in [2.45, 2.75) is 20.4 Å². The highest BCUT2D eigenvalue weighted by Crippen LogP contribution is 2.28. The molecule has 4 heterocycles. The average Bonchev–Trinajstić information content (AvgIpc) is 3.40. The molecule has 5 rings (SSSR count). The van der Waals surface area contributed by atoms with Crippen molar-refractivity contribution >= 4 is 17.0 Å². The van der Waals surface area contributed by atoms with Crippen LogP contribution in [0.1, 0.15) is 17.1 Å². The summed E-state index contributed by atoms with van der Waals surface area (Å²) in [7, 11) is 0. The van der Waals surface area contributed by atoms with Gasteiger partial charge in [0.15, 0.2) is 5.82 Å². The first-order valence-electron chi connectivity index (χ1n) is 10.6. The molecule has 0 N–H and O–H groups in total. The van der Waals surface area contributed by atoms with Gasteiger partial charge in [-0.1, -0.05) is 36.4 Å². The SMILES string of the molecule is Cc1nn(-c2ccccn2)c(C)c1N1CCN(Cc2csc(-c3ccccc3)n2)CC1. The summed E-state index contributed by atoms with van der Waals surface area (Å²) in [6.45, 7) is 9.15. The van der Waals surface area contributed by atoms with Crippen molar-refractivity contribution in [2.75, 3.05) is 31.1 Å². The predicted octanol–water partition coefficient (Wildman–Crippen LogP) is 4.33. The van der Waals surface area contributed by atoms with Crippen molar-refractivity contribution < 1.29 is 0 Å². The lowest BCUT2D eigenvalue weighted by Crippen LogP contribution is -2.46. The maximum atomic E-state index is 4.86.